The molecule has 1 aromatic heterocycles. The van der Waals surface area contributed by atoms with Gasteiger partial charge in [0.2, 0.25) is 0 Å². The van der Waals surface area contributed by atoms with Crippen LogP contribution in [0.25, 0.3) is 28.2 Å². The van der Waals surface area contributed by atoms with Crippen molar-refractivity contribution in [3.63, 3.8) is 0 Å². The molecule has 4 aromatic rings. The molecule has 35 heavy (non-hydrogen) atoms. The van der Waals surface area contributed by atoms with Crippen molar-refractivity contribution in [1.29, 1.82) is 0 Å². The number of benzene rings is 3. The fourth-order valence-corrected chi connectivity index (χ4v) is 3.77. The number of hydrogen-bond donors (Lipinski definition) is 1. The summed E-state index contributed by atoms with van der Waals surface area (Å²) in [5.41, 5.74) is -1.23. The fraction of sp³-hybridized carbons (Fsp3) is 0.192. The molecule has 9 heteroatoms. The molecule has 0 fully saturated rings. The summed E-state index contributed by atoms with van der Waals surface area (Å²) in [5.74, 6) is -1.79. The van der Waals surface area contributed by atoms with Crippen molar-refractivity contribution in [2.24, 2.45) is 0 Å². The number of nitrogens with zero attached hydrogens (tertiary/aromatic N) is 2. The molecular formula is C26H21F5N2O2. The lowest BCUT2D eigenvalue weighted by molar-refractivity contribution is -0.137. The Morgan fingerprint density at radius 1 is 0.914 bits per heavy atom. The van der Waals surface area contributed by atoms with Gasteiger partial charge in [0.15, 0.2) is 11.6 Å². The molecule has 0 atom stereocenters. The molecule has 0 aliphatic carbocycles. The second kappa shape index (κ2) is 8.81. The lowest BCUT2D eigenvalue weighted by Gasteiger charge is -2.15. The first-order chi connectivity index (χ1) is 16.4. The van der Waals surface area contributed by atoms with Gasteiger partial charge in [-0.2, -0.15) is 13.2 Å². The Balaban J connectivity index is 1.88. The van der Waals surface area contributed by atoms with Crippen LogP contribution < -0.4 is 4.74 Å². The number of alkyl halides is 3. The standard InChI is InChI=1S/C26H21F5N2O2/c1-25(2,34)22-14-33(24(32-22)18-6-4-5-7-20(18)26(29,30)31)17-10-8-15(9-11-17)19-12-16(27)13-21(28)23(19)35-3/h4-14,34H,1-3H3. The Labute approximate surface area is 198 Å². The highest BCUT2D eigenvalue weighted by atomic mass is 19.4. The number of methoxy groups -OCH3 is 1. The maximum absolute atomic E-state index is 14.1. The maximum Gasteiger partial charge on any atom is 0.417 e. The normalized spacial score (nSPS) is 12.1. The third-order valence-corrected chi connectivity index (χ3v) is 5.48. The minimum Gasteiger partial charge on any atom is -0.493 e. The zero-order valence-corrected chi connectivity index (χ0v) is 19.0. The summed E-state index contributed by atoms with van der Waals surface area (Å²) in [6.45, 7) is 2.96. The molecule has 1 N–H and O–H groups in total. The van der Waals surface area contributed by atoms with Crippen molar-refractivity contribution < 1.29 is 31.8 Å². The highest BCUT2D eigenvalue weighted by Gasteiger charge is 2.35. The van der Waals surface area contributed by atoms with Crippen LogP contribution in [0.4, 0.5) is 22.0 Å². The van der Waals surface area contributed by atoms with Crippen molar-refractivity contribution in [3.05, 3.63) is 89.8 Å². The van der Waals surface area contributed by atoms with Gasteiger partial charge in [-0.05, 0) is 43.7 Å². The number of hydrogen-bond acceptors (Lipinski definition) is 3. The monoisotopic (exact) mass is 488 g/mol. The Kier molecular flexibility index (Phi) is 6.14. The largest absolute Gasteiger partial charge is 0.493 e. The molecule has 0 spiro atoms. The molecule has 0 bridgehead atoms. The van der Waals surface area contributed by atoms with Gasteiger partial charge >= 0.3 is 6.18 Å². The topological polar surface area (TPSA) is 47.3 Å². The number of ether oxygens (including phenoxy) is 1. The average Bonchev–Trinajstić information content (AvgIpc) is 3.24. The molecule has 0 aliphatic rings. The van der Waals surface area contributed by atoms with E-state index in [9.17, 15) is 27.1 Å². The molecule has 0 saturated carbocycles. The minimum atomic E-state index is -4.62. The van der Waals surface area contributed by atoms with Crippen LogP contribution in [0, 0.1) is 11.6 Å². The third-order valence-electron chi connectivity index (χ3n) is 5.48. The van der Waals surface area contributed by atoms with E-state index >= 15 is 0 Å². The number of halogens is 5. The van der Waals surface area contributed by atoms with Gasteiger partial charge in [-0.25, -0.2) is 13.8 Å². The van der Waals surface area contributed by atoms with Crippen molar-refractivity contribution in [1.82, 2.24) is 9.55 Å². The molecule has 0 radical (unpaired) electrons. The van der Waals surface area contributed by atoms with Gasteiger partial charge in [0, 0.05) is 29.1 Å². The number of aliphatic hydroxyl groups is 1. The second-order valence-electron chi connectivity index (χ2n) is 8.44. The van der Waals surface area contributed by atoms with Gasteiger partial charge in [0.05, 0.1) is 18.4 Å². The summed E-state index contributed by atoms with van der Waals surface area (Å²) in [6.07, 6.45) is -3.16. The predicted molar refractivity (Wildman–Crippen MR) is 121 cm³/mol. The van der Waals surface area contributed by atoms with Crippen LogP contribution in [0.5, 0.6) is 5.75 Å². The predicted octanol–water partition coefficient (Wildman–Crippen LogP) is 6.74. The second-order valence-corrected chi connectivity index (χ2v) is 8.44. The minimum absolute atomic E-state index is 0.0165. The molecule has 0 unspecified atom stereocenters. The molecule has 1 heterocycles. The summed E-state index contributed by atoms with van der Waals surface area (Å²) in [7, 11) is 1.27. The fourth-order valence-electron chi connectivity index (χ4n) is 3.77. The summed E-state index contributed by atoms with van der Waals surface area (Å²) < 4.78 is 75.7. The first-order valence-electron chi connectivity index (χ1n) is 10.5. The molecule has 0 amide bonds. The first kappa shape index (κ1) is 24.4. The van der Waals surface area contributed by atoms with Gasteiger partial charge in [-0.3, -0.25) is 4.57 Å². The van der Waals surface area contributed by atoms with E-state index in [1.807, 2.05) is 0 Å². The molecule has 3 aromatic carbocycles. The van der Waals surface area contributed by atoms with E-state index < -0.39 is 29.0 Å². The maximum atomic E-state index is 14.1. The number of rotatable bonds is 5. The van der Waals surface area contributed by atoms with Crippen LogP contribution >= 0.6 is 0 Å². The van der Waals surface area contributed by atoms with Gasteiger partial charge < -0.3 is 9.84 Å². The molecule has 0 saturated heterocycles. The lowest BCUT2D eigenvalue weighted by Crippen LogP contribution is -2.15. The van der Waals surface area contributed by atoms with Crippen LogP contribution in [0.15, 0.2) is 66.9 Å². The molecular weight excluding hydrogens is 467 g/mol. The van der Waals surface area contributed by atoms with Crippen LogP contribution in [0.3, 0.4) is 0 Å². The van der Waals surface area contributed by atoms with Crippen LogP contribution in [-0.4, -0.2) is 21.8 Å². The zero-order chi connectivity index (χ0) is 25.5. The van der Waals surface area contributed by atoms with Gasteiger partial charge in [-0.1, -0.05) is 30.3 Å². The number of aromatic nitrogens is 2. The van der Waals surface area contributed by atoms with Crippen LogP contribution in [0.1, 0.15) is 25.1 Å². The van der Waals surface area contributed by atoms with E-state index in [4.69, 9.17) is 4.74 Å². The highest BCUT2D eigenvalue weighted by molar-refractivity contribution is 5.72. The summed E-state index contributed by atoms with van der Waals surface area (Å²) in [5, 5.41) is 10.5. The van der Waals surface area contributed by atoms with E-state index in [0.717, 1.165) is 12.1 Å². The molecule has 4 nitrogen and oxygen atoms in total. The van der Waals surface area contributed by atoms with Crippen molar-refractivity contribution in [2.45, 2.75) is 25.6 Å². The molecule has 4 rings (SSSR count). The molecule has 182 valence electrons. The van der Waals surface area contributed by atoms with E-state index in [1.54, 1.807) is 24.3 Å². The summed E-state index contributed by atoms with van der Waals surface area (Å²) in [6, 6.07) is 13.2. The quantitative estimate of drug-likeness (QED) is 0.317. The van der Waals surface area contributed by atoms with Crippen molar-refractivity contribution >= 4 is 0 Å². The van der Waals surface area contributed by atoms with E-state index in [1.165, 1.54) is 49.9 Å². The van der Waals surface area contributed by atoms with Crippen LogP contribution in [-0.2, 0) is 11.8 Å². The Morgan fingerprint density at radius 2 is 1.57 bits per heavy atom. The lowest BCUT2D eigenvalue weighted by atomic mass is 10.0. The Hall–Kier alpha value is -3.72. The third kappa shape index (κ3) is 4.77. The smallest absolute Gasteiger partial charge is 0.417 e. The van der Waals surface area contributed by atoms with Gasteiger partial charge in [0.1, 0.15) is 17.2 Å². The van der Waals surface area contributed by atoms with Gasteiger partial charge in [0.25, 0.3) is 0 Å². The Bertz CT molecular complexity index is 1370. The summed E-state index contributed by atoms with van der Waals surface area (Å²) in [4.78, 5) is 4.33. The number of imidazole rings is 1. The zero-order valence-electron chi connectivity index (χ0n) is 19.0. The highest BCUT2D eigenvalue weighted by Crippen LogP contribution is 2.39. The Morgan fingerprint density at radius 3 is 2.17 bits per heavy atom. The van der Waals surface area contributed by atoms with E-state index in [2.05, 4.69) is 4.98 Å². The van der Waals surface area contributed by atoms with Crippen LogP contribution in [0.2, 0.25) is 0 Å². The summed E-state index contributed by atoms with van der Waals surface area (Å²) >= 11 is 0. The SMILES string of the molecule is COc1c(F)cc(F)cc1-c1ccc(-n2cc(C(C)(C)O)nc2-c2ccccc2C(F)(F)F)cc1. The van der Waals surface area contributed by atoms with Crippen molar-refractivity contribution in [3.8, 4) is 34.0 Å². The van der Waals surface area contributed by atoms with Crippen molar-refractivity contribution in [2.75, 3.05) is 7.11 Å². The molecule has 0 aliphatic heterocycles. The van der Waals surface area contributed by atoms with Gasteiger partial charge in [-0.15, -0.1) is 0 Å². The van der Waals surface area contributed by atoms with E-state index in [-0.39, 0.29) is 28.4 Å². The first-order valence-corrected chi connectivity index (χ1v) is 10.5. The average molecular weight is 488 g/mol. The van der Waals surface area contributed by atoms with E-state index in [0.29, 0.717) is 17.3 Å².